The molecule has 0 unspecified atom stereocenters. The zero-order valence-electron chi connectivity index (χ0n) is 14.2. The van der Waals surface area contributed by atoms with Crippen molar-refractivity contribution < 1.29 is 31.2 Å². The van der Waals surface area contributed by atoms with Crippen LogP contribution in [-0.2, 0) is 27.5 Å². The summed E-state index contributed by atoms with van der Waals surface area (Å²) < 4.78 is 64.9. The number of anilines is 1. The first kappa shape index (κ1) is 19.7. The van der Waals surface area contributed by atoms with Crippen LogP contribution in [0, 0.1) is 0 Å². The van der Waals surface area contributed by atoms with Gasteiger partial charge in [-0.25, -0.2) is 13.2 Å². The van der Waals surface area contributed by atoms with Crippen LogP contribution in [0.3, 0.4) is 0 Å². The van der Waals surface area contributed by atoms with Gasteiger partial charge in [0.05, 0.1) is 23.5 Å². The van der Waals surface area contributed by atoms with Crippen LogP contribution in [0.5, 0.6) is 0 Å². The van der Waals surface area contributed by atoms with Crippen LogP contribution in [0.1, 0.15) is 11.1 Å². The van der Waals surface area contributed by atoms with Crippen molar-refractivity contribution in [2.24, 2.45) is 0 Å². The van der Waals surface area contributed by atoms with E-state index in [0.717, 1.165) is 17.0 Å². The van der Waals surface area contributed by atoms with Crippen LogP contribution in [-0.4, -0.2) is 31.8 Å². The summed E-state index contributed by atoms with van der Waals surface area (Å²) in [5.41, 5.74) is -0.315. The summed E-state index contributed by atoms with van der Waals surface area (Å²) in [5, 5.41) is 2.37. The van der Waals surface area contributed by atoms with E-state index in [9.17, 15) is 31.2 Å². The number of hydrogen-bond acceptors (Lipinski definition) is 4. The van der Waals surface area contributed by atoms with Gasteiger partial charge in [-0.1, -0.05) is 12.1 Å². The first-order chi connectivity index (χ1) is 13.1. The highest BCUT2D eigenvalue weighted by atomic mass is 32.2. The van der Waals surface area contributed by atoms with Crippen LogP contribution < -0.4 is 10.0 Å². The molecule has 0 bridgehead atoms. The maximum atomic E-state index is 12.6. The fraction of sp³-hybridized carbons (Fsp3) is 0.176. The van der Waals surface area contributed by atoms with Crippen molar-refractivity contribution in [3.63, 3.8) is 0 Å². The number of nitrogens with zero attached hydrogens (tertiary/aromatic N) is 1. The number of sulfonamides is 1. The smallest absolute Gasteiger partial charge is 0.329 e. The molecule has 7 nitrogen and oxygen atoms in total. The van der Waals surface area contributed by atoms with Gasteiger partial charge in [0.15, 0.2) is 0 Å². The number of urea groups is 1. The molecule has 0 spiro atoms. The second-order valence-corrected chi connectivity index (χ2v) is 7.65. The molecule has 1 aliphatic rings. The lowest BCUT2D eigenvalue weighted by Crippen LogP contribution is -2.30. The number of nitrogens with one attached hydrogen (secondary N) is 2. The Hall–Kier alpha value is -3.08. The quantitative estimate of drug-likeness (QED) is 0.737. The summed E-state index contributed by atoms with van der Waals surface area (Å²) >= 11 is 0. The molecule has 3 amide bonds. The molecule has 2 aromatic carbocycles. The van der Waals surface area contributed by atoms with E-state index < -0.39 is 33.7 Å². The third kappa shape index (κ3) is 4.25. The van der Waals surface area contributed by atoms with Crippen molar-refractivity contribution in [3.8, 4) is 0 Å². The average Bonchev–Trinajstić information content (AvgIpc) is 2.93. The minimum absolute atomic E-state index is 0.0412. The first-order valence-electron chi connectivity index (χ1n) is 7.93. The largest absolute Gasteiger partial charge is 0.416 e. The number of carbonyl (C=O) groups is 2. The number of benzene rings is 2. The summed E-state index contributed by atoms with van der Waals surface area (Å²) in [6.45, 7) is -0.139. The van der Waals surface area contributed by atoms with Crippen molar-refractivity contribution in [2.45, 2.75) is 17.6 Å². The fourth-order valence-electron chi connectivity index (χ4n) is 2.57. The highest BCUT2D eigenvalue weighted by Crippen LogP contribution is 2.30. The maximum Gasteiger partial charge on any atom is 0.416 e. The third-order valence-electron chi connectivity index (χ3n) is 3.95. The van der Waals surface area contributed by atoms with Gasteiger partial charge in [0.1, 0.15) is 0 Å². The number of hydrogen-bond donors (Lipinski definition) is 2. The summed E-state index contributed by atoms with van der Waals surface area (Å²) in [6.07, 6.45) is -4.57. The number of halogens is 3. The lowest BCUT2D eigenvalue weighted by atomic mass is 10.2. The van der Waals surface area contributed by atoms with Gasteiger partial charge in [-0.15, -0.1) is 0 Å². The Kier molecular flexibility index (Phi) is 5.02. The van der Waals surface area contributed by atoms with E-state index in [4.69, 9.17) is 0 Å². The van der Waals surface area contributed by atoms with E-state index >= 15 is 0 Å². The number of carbonyl (C=O) groups excluding carboxylic acids is 2. The minimum atomic E-state index is -4.57. The molecule has 2 aromatic rings. The number of amides is 3. The van der Waals surface area contributed by atoms with E-state index in [1.54, 1.807) is 6.07 Å². The first-order valence-corrected chi connectivity index (χ1v) is 9.42. The summed E-state index contributed by atoms with van der Waals surface area (Å²) in [4.78, 5) is 23.9. The lowest BCUT2D eigenvalue weighted by molar-refractivity contribution is -0.137. The Balaban J connectivity index is 1.77. The molecule has 148 valence electrons. The molecule has 11 heteroatoms. The highest BCUT2D eigenvalue weighted by molar-refractivity contribution is 7.92. The zero-order chi connectivity index (χ0) is 20.5. The second kappa shape index (κ2) is 7.15. The van der Waals surface area contributed by atoms with Gasteiger partial charge >= 0.3 is 12.2 Å². The van der Waals surface area contributed by atoms with E-state index in [0.29, 0.717) is 17.7 Å². The second-order valence-electron chi connectivity index (χ2n) is 5.97. The number of imide groups is 1. The van der Waals surface area contributed by atoms with E-state index in [1.165, 1.54) is 18.2 Å². The van der Waals surface area contributed by atoms with Crippen molar-refractivity contribution in [3.05, 3.63) is 59.7 Å². The van der Waals surface area contributed by atoms with Gasteiger partial charge in [-0.2, -0.15) is 13.2 Å². The minimum Gasteiger partial charge on any atom is -0.329 e. The van der Waals surface area contributed by atoms with Crippen molar-refractivity contribution >= 4 is 27.6 Å². The fourth-order valence-corrected chi connectivity index (χ4v) is 3.62. The molecule has 1 fully saturated rings. The predicted molar refractivity (Wildman–Crippen MR) is 92.6 cm³/mol. The van der Waals surface area contributed by atoms with Crippen LogP contribution >= 0.6 is 0 Å². The molecule has 0 saturated carbocycles. The Morgan fingerprint density at radius 2 is 1.75 bits per heavy atom. The molecule has 28 heavy (non-hydrogen) atoms. The van der Waals surface area contributed by atoms with Gasteiger partial charge in [0, 0.05) is 5.69 Å². The van der Waals surface area contributed by atoms with Crippen molar-refractivity contribution in [2.75, 3.05) is 11.3 Å². The Morgan fingerprint density at radius 1 is 1.07 bits per heavy atom. The molecular formula is C17H14F3N3O4S. The SMILES string of the molecule is O=C1CNC(=O)N1Cc1cccc(NS(=O)(=O)c2ccc(C(F)(F)F)cc2)c1. The lowest BCUT2D eigenvalue weighted by Gasteiger charge is -2.14. The van der Waals surface area contributed by atoms with Gasteiger partial charge in [-0.05, 0) is 42.0 Å². The highest BCUT2D eigenvalue weighted by Gasteiger charge is 2.31. The van der Waals surface area contributed by atoms with E-state index in [-0.39, 0.29) is 23.7 Å². The Bertz CT molecular complexity index is 1000. The molecular weight excluding hydrogens is 399 g/mol. The summed E-state index contributed by atoms with van der Waals surface area (Å²) in [7, 11) is -4.12. The molecule has 2 N–H and O–H groups in total. The van der Waals surface area contributed by atoms with Crippen LogP contribution in [0.25, 0.3) is 0 Å². The summed E-state index contributed by atoms with van der Waals surface area (Å²) in [5.74, 6) is -0.402. The molecule has 0 aromatic heterocycles. The topological polar surface area (TPSA) is 95.6 Å². The van der Waals surface area contributed by atoms with Gasteiger partial charge < -0.3 is 5.32 Å². The molecule has 0 aliphatic carbocycles. The molecule has 0 atom stereocenters. The van der Waals surface area contributed by atoms with Crippen LogP contribution in [0.15, 0.2) is 53.4 Å². The molecule has 1 saturated heterocycles. The Morgan fingerprint density at radius 3 is 2.32 bits per heavy atom. The normalized spacial score (nSPS) is 14.9. The molecule has 1 aliphatic heterocycles. The van der Waals surface area contributed by atoms with E-state index in [2.05, 4.69) is 10.0 Å². The monoisotopic (exact) mass is 413 g/mol. The zero-order valence-corrected chi connectivity index (χ0v) is 15.0. The van der Waals surface area contributed by atoms with Crippen LogP contribution in [0.2, 0.25) is 0 Å². The molecule has 3 rings (SSSR count). The average molecular weight is 413 g/mol. The van der Waals surface area contributed by atoms with Crippen molar-refractivity contribution in [1.82, 2.24) is 10.2 Å². The predicted octanol–water partition coefficient (Wildman–Crippen LogP) is 2.56. The Labute approximate surface area is 158 Å². The molecule has 0 radical (unpaired) electrons. The standard InChI is InChI=1S/C17H14F3N3O4S/c18-17(19,20)12-4-6-14(7-5-12)28(26,27)22-13-3-1-2-11(8-13)10-23-15(24)9-21-16(23)25/h1-8,22H,9-10H2,(H,21,25). The van der Waals surface area contributed by atoms with E-state index in [1.807, 2.05) is 0 Å². The molecule has 1 heterocycles. The van der Waals surface area contributed by atoms with Crippen molar-refractivity contribution in [1.29, 1.82) is 0 Å². The van der Waals surface area contributed by atoms with Gasteiger partial charge in [-0.3, -0.25) is 14.4 Å². The number of alkyl halides is 3. The number of rotatable bonds is 5. The third-order valence-corrected chi connectivity index (χ3v) is 5.35. The van der Waals surface area contributed by atoms with Gasteiger partial charge in [0.25, 0.3) is 10.0 Å². The van der Waals surface area contributed by atoms with Gasteiger partial charge in [0.2, 0.25) is 5.91 Å². The maximum absolute atomic E-state index is 12.6. The summed E-state index contributed by atoms with van der Waals surface area (Å²) in [6, 6.07) is 8.56. The van der Waals surface area contributed by atoms with Crippen LogP contribution in [0.4, 0.5) is 23.7 Å².